The minimum absolute atomic E-state index is 1.11. The summed E-state index contributed by atoms with van der Waals surface area (Å²) in [6.45, 7) is 4.02. The number of pyridine rings is 1. The van der Waals surface area contributed by atoms with Gasteiger partial charge in [0, 0.05) is 16.7 Å². The van der Waals surface area contributed by atoms with Gasteiger partial charge in [-0.3, -0.25) is 7.05 Å². The first-order valence-electron chi connectivity index (χ1n) is 5.17. The highest BCUT2D eigenvalue weighted by Crippen LogP contribution is 2.20. The standard InChI is InChI=1S/C14H12N2/c1-15-9-3-5-11-7-8-12-6-4-10-16(2)14(12)13(11)15/h3-10H,1-2H2. The second-order valence-electron chi connectivity index (χ2n) is 3.90. The lowest BCUT2D eigenvalue weighted by atomic mass is 10.1. The summed E-state index contributed by atoms with van der Waals surface area (Å²) in [6.07, 6.45) is 7.99. The van der Waals surface area contributed by atoms with Crippen LogP contribution in [0.5, 0.6) is 0 Å². The summed E-state index contributed by atoms with van der Waals surface area (Å²) in [4.78, 5) is 1.89. The Morgan fingerprint density at radius 2 is 2.12 bits per heavy atom. The van der Waals surface area contributed by atoms with Crippen molar-refractivity contribution in [3.63, 3.8) is 0 Å². The van der Waals surface area contributed by atoms with Gasteiger partial charge in [0.1, 0.15) is 6.72 Å². The molecule has 0 atom stereocenters. The third kappa shape index (κ3) is 1.16. The lowest BCUT2D eigenvalue weighted by molar-refractivity contribution is -0.467. The summed E-state index contributed by atoms with van der Waals surface area (Å²) >= 11 is 0. The Labute approximate surface area is 94.1 Å². The predicted octanol–water partition coefficient (Wildman–Crippen LogP) is 1.67. The Balaban J connectivity index is 2.59. The molecule has 0 spiro atoms. The van der Waals surface area contributed by atoms with Crippen molar-refractivity contribution in [2.75, 3.05) is 4.90 Å². The Morgan fingerprint density at radius 3 is 3.00 bits per heavy atom. The summed E-state index contributed by atoms with van der Waals surface area (Å²) in [7, 11) is 4.02. The predicted molar refractivity (Wildman–Crippen MR) is 66.0 cm³/mol. The molecule has 0 aliphatic carbocycles. The third-order valence-electron chi connectivity index (χ3n) is 2.87. The number of nitrogens with zero attached hydrogens (tertiary/aromatic N) is 2. The summed E-state index contributed by atoms with van der Waals surface area (Å²) in [5, 5.41) is 2.35. The van der Waals surface area contributed by atoms with E-state index in [0.29, 0.717) is 0 Å². The molecular weight excluding hydrogens is 196 g/mol. The maximum absolute atomic E-state index is 4.02. The van der Waals surface area contributed by atoms with Crippen molar-refractivity contribution in [3.8, 4) is 0 Å². The van der Waals surface area contributed by atoms with Gasteiger partial charge in [0.15, 0.2) is 6.20 Å². The monoisotopic (exact) mass is 208 g/mol. The van der Waals surface area contributed by atoms with Crippen LogP contribution in [0.2, 0.25) is 0 Å². The van der Waals surface area contributed by atoms with Crippen LogP contribution in [0.25, 0.3) is 17.0 Å². The van der Waals surface area contributed by atoms with Crippen molar-refractivity contribution in [1.82, 2.24) is 0 Å². The van der Waals surface area contributed by atoms with Crippen molar-refractivity contribution in [2.24, 2.45) is 0 Å². The molecule has 1 aromatic heterocycles. The van der Waals surface area contributed by atoms with Crippen molar-refractivity contribution in [1.29, 1.82) is 0 Å². The summed E-state index contributed by atoms with van der Waals surface area (Å²) in [5.74, 6) is 0. The average Bonchev–Trinajstić information content (AvgIpc) is 2.29. The fourth-order valence-corrected chi connectivity index (χ4v) is 2.13. The zero-order valence-corrected chi connectivity index (χ0v) is 8.93. The first-order valence-corrected chi connectivity index (χ1v) is 5.17. The van der Waals surface area contributed by atoms with Crippen LogP contribution in [0.1, 0.15) is 0 Å². The van der Waals surface area contributed by atoms with Crippen LogP contribution in [-0.2, 0) is 0 Å². The largest absolute Gasteiger partial charge is 0.497 e. The number of aromatic nitrogens is 1. The molecule has 3 rings (SSSR count). The fourth-order valence-electron chi connectivity index (χ4n) is 2.13. The Kier molecular flexibility index (Phi) is 1.83. The second kappa shape index (κ2) is 3.20. The minimum atomic E-state index is 1.11. The van der Waals surface area contributed by atoms with Crippen LogP contribution in [0.4, 0.5) is 5.69 Å². The van der Waals surface area contributed by atoms with Gasteiger partial charge in [0.05, 0.1) is 5.69 Å². The van der Waals surface area contributed by atoms with Crippen LogP contribution < -0.4 is 14.4 Å². The van der Waals surface area contributed by atoms with E-state index in [9.17, 15) is 0 Å². The summed E-state index contributed by atoms with van der Waals surface area (Å²) in [6, 6.07) is 8.31. The molecule has 16 heavy (non-hydrogen) atoms. The smallest absolute Gasteiger partial charge is 0.239 e. The molecule has 0 amide bonds. The molecule has 0 fully saturated rings. The molecule has 2 heterocycles. The van der Waals surface area contributed by atoms with E-state index in [4.69, 9.17) is 0 Å². The van der Waals surface area contributed by atoms with Crippen molar-refractivity contribution in [2.45, 2.75) is 0 Å². The molecule has 0 N–H and O–H groups in total. The van der Waals surface area contributed by atoms with Crippen molar-refractivity contribution < 1.29 is 4.24 Å². The van der Waals surface area contributed by atoms with E-state index in [2.05, 4.69) is 38.0 Å². The van der Waals surface area contributed by atoms with Crippen LogP contribution >= 0.6 is 0 Å². The van der Waals surface area contributed by atoms with Crippen molar-refractivity contribution in [3.05, 3.63) is 61.7 Å². The van der Waals surface area contributed by atoms with E-state index in [1.807, 2.05) is 33.7 Å². The van der Waals surface area contributed by atoms with E-state index in [0.717, 1.165) is 11.2 Å². The van der Waals surface area contributed by atoms with E-state index >= 15 is 0 Å². The van der Waals surface area contributed by atoms with Gasteiger partial charge in [0.2, 0.25) is 5.52 Å². The molecule has 0 bridgehead atoms. The molecule has 78 valence electrons. The van der Waals surface area contributed by atoms with Crippen LogP contribution in [0, 0.1) is 13.8 Å². The van der Waals surface area contributed by atoms with Crippen LogP contribution in [0.3, 0.4) is 0 Å². The molecular formula is C14H12N2. The number of anilines is 1. The second-order valence-corrected chi connectivity index (χ2v) is 3.90. The molecule has 1 aliphatic rings. The lowest BCUT2D eigenvalue weighted by Crippen LogP contribution is -2.25. The van der Waals surface area contributed by atoms with Gasteiger partial charge < -0.3 is 4.90 Å². The maximum atomic E-state index is 4.02. The number of fused-ring (bicyclic) bond motifs is 3. The fraction of sp³-hybridized carbons (Fsp3) is 0. The molecule has 0 unspecified atom stereocenters. The zero-order chi connectivity index (χ0) is 11.1. The summed E-state index contributed by atoms with van der Waals surface area (Å²) in [5.41, 5.74) is 2.21. The highest BCUT2D eigenvalue weighted by molar-refractivity contribution is 5.90. The van der Waals surface area contributed by atoms with Crippen LogP contribution in [0.15, 0.2) is 42.7 Å². The number of hydrogen-bond donors (Lipinski definition) is 0. The third-order valence-corrected chi connectivity index (χ3v) is 2.87. The molecule has 2 heteroatoms. The van der Waals surface area contributed by atoms with Gasteiger partial charge in [-0.15, -0.1) is 0 Å². The molecule has 1 aromatic carbocycles. The van der Waals surface area contributed by atoms with E-state index in [1.54, 1.807) is 0 Å². The highest BCUT2D eigenvalue weighted by atomic mass is 15.1. The molecule has 0 saturated heterocycles. The van der Waals surface area contributed by atoms with E-state index in [-0.39, 0.29) is 0 Å². The maximum Gasteiger partial charge on any atom is 0.239 e. The van der Waals surface area contributed by atoms with Gasteiger partial charge in [-0.05, 0) is 24.4 Å². The Hall–Kier alpha value is -2.09. The molecule has 0 saturated carbocycles. The van der Waals surface area contributed by atoms with Gasteiger partial charge >= 0.3 is 0 Å². The van der Waals surface area contributed by atoms with E-state index < -0.39 is 0 Å². The molecule has 2 aromatic rings. The topological polar surface area (TPSA) is 9.14 Å². The zero-order valence-electron chi connectivity index (χ0n) is 8.93. The number of benzene rings is 1. The molecule has 0 radical (unpaired) electrons. The average molecular weight is 208 g/mol. The van der Waals surface area contributed by atoms with Crippen LogP contribution in [-0.4, -0.2) is 0 Å². The Morgan fingerprint density at radius 1 is 1.25 bits per heavy atom. The molecule has 1 aliphatic heterocycles. The highest BCUT2D eigenvalue weighted by Gasteiger charge is 2.11. The van der Waals surface area contributed by atoms with Crippen molar-refractivity contribution >= 4 is 22.7 Å². The first-order chi connectivity index (χ1) is 7.77. The normalized spacial score (nSPS) is 13.7. The van der Waals surface area contributed by atoms with Gasteiger partial charge in [-0.2, -0.15) is 4.24 Å². The number of hydrogen-bond acceptors (Lipinski definition) is 1. The minimum Gasteiger partial charge on any atom is -0.497 e. The lowest BCUT2D eigenvalue weighted by Gasteiger charge is -2.25. The first kappa shape index (κ1) is 9.16. The quantitative estimate of drug-likeness (QED) is 0.472. The van der Waals surface area contributed by atoms with Gasteiger partial charge in [0.25, 0.3) is 0 Å². The summed E-state index contributed by atoms with van der Waals surface area (Å²) < 4.78 is 1.89. The van der Waals surface area contributed by atoms with E-state index in [1.165, 1.54) is 10.6 Å². The number of rotatable bonds is 0. The number of allylic oxidation sites excluding steroid dienone is 1. The van der Waals surface area contributed by atoms with Gasteiger partial charge in [-0.25, -0.2) is 0 Å². The Bertz CT molecular complexity index is 698. The van der Waals surface area contributed by atoms with Gasteiger partial charge in [-0.1, -0.05) is 12.1 Å². The SMILES string of the molecule is C=[n+]1cccc2ccc3c(c21)N([CH2-])C=CC=3. The molecule has 2 nitrogen and oxygen atoms in total.